The maximum absolute atomic E-state index is 13.0. The van der Waals surface area contributed by atoms with Gasteiger partial charge in [-0.25, -0.2) is 14.8 Å². The average Bonchev–Trinajstić information content (AvgIpc) is 3.47. The first kappa shape index (κ1) is 26.0. The summed E-state index contributed by atoms with van der Waals surface area (Å²) in [7, 11) is 3.24. The Kier molecular flexibility index (Phi) is 7.04. The fourth-order valence-corrected chi connectivity index (χ4v) is 4.97. The topological polar surface area (TPSA) is 90.9 Å². The summed E-state index contributed by atoms with van der Waals surface area (Å²) < 4.78 is 16.0. The minimum atomic E-state index is -0.597. The molecule has 6 rings (SSSR count). The Morgan fingerprint density at radius 1 is 0.756 bits per heavy atom. The van der Waals surface area contributed by atoms with E-state index in [2.05, 4.69) is 0 Å². The van der Waals surface area contributed by atoms with Crippen LogP contribution in [0.5, 0.6) is 11.5 Å². The molecular formula is C33H27N3O5. The fourth-order valence-electron chi connectivity index (χ4n) is 4.97. The van der Waals surface area contributed by atoms with Gasteiger partial charge in [-0.15, -0.1) is 0 Å². The quantitative estimate of drug-likeness (QED) is 0.241. The van der Waals surface area contributed by atoms with Crippen LogP contribution in [0, 0.1) is 0 Å². The highest BCUT2D eigenvalue weighted by molar-refractivity contribution is 5.99. The number of benzene rings is 4. The Hall–Kier alpha value is -5.24. The highest BCUT2D eigenvalue weighted by Crippen LogP contribution is 2.33. The van der Waals surface area contributed by atoms with Gasteiger partial charge in [-0.1, -0.05) is 18.2 Å². The van der Waals surface area contributed by atoms with Gasteiger partial charge in [-0.2, -0.15) is 0 Å². The number of carbonyl (C=O) groups is 2. The molecule has 8 nitrogen and oxygen atoms in total. The molecule has 0 N–H and O–H groups in total. The second-order valence-corrected chi connectivity index (χ2v) is 9.58. The molecule has 1 amide bonds. The SMILES string of the molecule is COc1ccc(-c2nc3ccc(C(=O)OCC(=O)N4CCc5ccccc54)cc3nc2-c2ccc(OC)cc2)cc1. The zero-order chi connectivity index (χ0) is 28.3. The first-order valence-corrected chi connectivity index (χ1v) is 13.2. The van der Waals surface area contributed by atoms with E-state index in [1.807, 2.05) is 72.8 Å². The molecule has 0 radical (unpaired) electrons. The van der Waals surface area contributed by atoms with Crippen LogP contribution in [-0.4, -0.2) is 49.2 Å². The lowest BCUT2D eigenvalue weighted by molar-refractivity contribution is -0.121. The number of ether oxygens (including phenoxy) is 3. The van der Waals surface area contributed by atoms with E-state index >= 15 is 0 Å². The van der Waals surface area contributed by atoms with Crippen molar-refractivity contribution in [1.82, 2.24) is 9.97 Å². The summed E-state index contributed by atoms with van der Waals surface area (Å²) in [6, 6.07) is 28.0. The molecule has 0 unspecified atom stereocenters. The van der Waals surface area contributed by atoms with Crippen LogP contribution >= 0.6 is 0 Å². The zero-order valence-corrected chi connectivity index (χ0v) is 22.7. The number of carbonyl (C=O) groups excluding carboxylic acids is 2. The van der Waals surface area contributed by atoms with Gasteiger partial charge in [0.2, 0.25) is 0 Å². The number of methoxy groups -OCH3 is 2. The van der Waals surface area contributed by atoms with Crippen molar-refractivity contribution in [2.75, 3.05) is 32.3 Å². The molecule has 0 saturated carbocycles. The van der Waals surface area contributed by atoms with Crippen molar-refractivity contribution in [3.05, 3.63) is 102 Å². The molecule has 0 fully saturated rings. The Balaban J connectivity index is 1.29. The maximum Gasteiger partial charge on any atom is 0.338 e. The third-order valence-electron chi connectivity index (χ3n) is 7.14. The Morgan fingerprint density at radius 2 is 1.37 bits per heavy atom. The lowest BCUT2D eigenvalue weighted by atomic mass is 10.0. The molecule has 41 heavy (non-hydrogen) atoms. The van der Waals surface area contributed by atoms with Crippen molar-refractivity contribution in [2.45, 2.75) is 6.42 Å². The summed E-state index contributed by atoms with van der Waals surface area (Å²) in [6.45, 7) is 0.232. The molecule has 1 aromatic heterocycles. The number of para-hydroxylation sites is 1. The van der Waals surface area contributed by atoms with Crippen LogP contribution in [0.1, 0.15) is 15.9 Å². The summed E-state index contributed by atoms with van der Waals surface area (Å²) in [5.41, 5.74) is 6.48. The number of anilines is 1. The summed E-state index contributed by atoms with van der Waals surface area (Å²) in [5.74, 6) is 0.615. The van der Waals surface area contributed by atoms with E-state index in [1.54, 1.807) is 37.3 Å². The summed E-state index contributed by atoms with van der Waals surface area (Å²) in [5, 5.41) is 0. The van der Waals surface area contributed by atoms with Crippen LogP contribution in [0.2, 0.25) is 0 Å². The third kappa shape index (κ3) is 5.19. The number of fused-ring (bicyclic) bond motifs is 2. The Bertz CT molecular complexity index is 1750. The van der Waals surface area contributed by atoms with Gasteiger partial charge in [0.25, 0.3) is 5.91 Å². The molecule has 1 aliphatic heterocycles. The first-order valence-electron chi connectivity index (χ1n) is 13.2. The smallest absolute Gasteiger partial charge is 0.338 e. The second kappa shape index (κ2) is 11.1. The zero-order valence-electron chi connectivity index (χ0n) is 22.7. The van der Waals surface area contributed by atoms with Gasteiger partial charge in [-0.05, 0) is 84.8 Å². The monoisotopic (exact) mass is 545 g/mol. The normalized spacial score (nSPS) is 12.2. The molecule has 4 aromatic carbocycles. The van der Waals surface area contributed by atoms with Gasteiger partial charge in [0, 0.05) is 23.4 Å². The number of hydrogen-bond donors (Lipinski definition) is 0. The largest absolute Gasteiger partial charge is 0.497 e. The van der Waals surface area contributed by atoms with Gasteiger partial charge in [0.15, 0.2) is 6.61 Å². The van der Waals surface area contributed by atoms with E-state index < -0.39 is 5.97 Å². The molecule has 8 heteroatoms. The fraction of sp³-hybridized carbons (Fsp3) is 0.152. The molecule has 5 aromatic rings. The molecule has 1 aliphatic rings. The van der Waals surface area contributed by atoms with Crippen molar-refractivity contribution in [3.8, 4) is 34.0 Å². The number of nitrogens with zero attached hydrogens (tertiary/aromatic N) is 3. The van der Waals surface area contributed by atoms with Gasteiger partial charge in [0.1, 0.15) is 11.5 Å². The lowest BCUT2D eigenvalue weighted by Gasteiger charge is -2.17. The number of amides is 1. The van der Waals surface area contributed by atoms with Crippen LogP contribution in [0.25, 0.3) is 33.5 Å². The average molecular weight is 546 g/mol. The van der Waals surface area contributed by atoms with E-state index in [0.717, 1.165) is 40.3 Å². The molecule has 0 spiro atoms. The van der Waals surface area contributed by atoms with Crippen molar-refractivity contribution < 1.29 is 23.8 Å². The van der Waals surface area contributed by atoms with E-state index in [0.29, 0.717) is 34.5 Å². The van der Waals surface area contributed by atoms with E-state index in [-0.39, 0.29) is 12.5 Å². The van der Waals surface area contributed by atoms with Crippen molar-refractivity contribution in [3.63, 3.8) is 0 Å². The number of esters is 1. The van der Waals surface area contributed by atoms with Crippen LogP contribution in [-0.2, 0) is 16.0 Å². The molecular weight excluding hydrogens is 518 g/mol. The third-order valence-corrected chi connectivity index (χ3v) is 7.14. The van der Waals surface area contributed by atoms with E-state index in [4.69, 9.17) is 24.2 Å². The number of hydrogen-bond acceptors (Lipinski definition) is 7. The van der Waals surface area contributed by atoms with Crippen LogP contribution in [0.3, 0.4) is 0 Å². The van der Waals surface area contributed by atoms with Crippen LogP contribution < -0.4 is 14.4 Å². The highest BCUT2D eigenvalue weighted by atomic mass is 16.5. The minimum Gasteiger partial charge on any atom is -0.497 e. The van der Waals surface area contributed by atoms with Crippen molar-refractivity contribution >= 4 is 28.6 Å². The predicted molar refractivity (Wildman–Crippen MR) is 156 cm³/mol. The Labute approximate surface area is 237 Å². The first-order chi connectivity index (χ1) is 20.0. The van der Waals surface area contributed by atoms with Crippen molar-refractivity contribution in [1.29, 1.82) is 0 Å². The van der Waals surface area contributed by atoms with Crippen LogP contribution in [0.15, 0.2) is 91.0 Å². The van der Waals surface area contributed by atoms with E-state index in [1.165, 1.54) is 0 Å². The van der Waals surface area contributed by atoms with Crippen LogP contribution in [0.4, 0.5) is 5.69 Å². The van der Waals surface area contributed by atoms with Crippen molar-refractivity contribution in [2.24, 2.45) is 0 Å². The predicted octanol–water partition coefficient (Wildman–Crippen LogP) is 5.73. The van der Waals surface area contributed by atoms with E-state index in [9.17, 15) is 9.59 Å². The molecule has 0 aliphatic carbocycles. The number of aromatic nitrogens is 2. The lowest BCUT2D eigenvalue weighted by Crippen LogP contribution is -2.33. The number of rotatable bonds is 7. The minimum absolute atomic E-state index is 0.255. The van der Waals surface area contributed by atoms with Gasteiger partial charge < -0.3 is 19.1 Å². The summed E-state index contributed by atoms with van der Waals surface area (Å²) in [6.07, 6.45) is 0.786. The molecule has 204 valence electrons. The summed E-state index contributed by atoms with van der Waals surface area (Å²) in [4.78, 5) is 37.3. The maximum atomic E-state index is 13.0. The molecule has 0 saturated heterocycles. The second-order valence-electron chi connectivity index (χ2n) is 9.58. The van der Waals surface area contributed by atoms with Gasteiger partial charge >= 0.3 is 5.97 Å². The molecule has 0 atom stereocenters. The molecule has 2 heterocycles. The Morgan fingerprint density at radius 3 is 2.00 bits per heavy atom. The highest BCUT2D eigenvalue weighted by Gasteiger charge is 2.25. The van der Waals surface area contributed by atoms with Gasteiger partial charge in [0.05, 0.1) is 42.2 Å². The van der Waals surface area contributed by atoms with Gasteiger partial charge in [-0.3, -0.25) is 4.79 Å². The molecule has 0 bridgehead atoms. The standard InChI is InChI=1S/C33H27N3O5/c1-39-25-12-7-22(8-13-25)31-32(23-9-14-26(40-2)15-10-23)35-28-19-24(11-16-27(28)34-31)33(38)41-20-30(37)36-18-17-21-5-3-4-6-29(21)36/h3-16,19H,17-18,20H2,1-2H3. The summed E-state index contributed by atoms with van der Waals surface area (Å²) >= 11 is 0.